The zero-order chi connectivity index (χ0) is 28.3. The molecule has 2 amide bonds. The molecular formula is C30H40N4O6. The summed E-state index contributed by atoms with van der Waals surface area (Å²) in [6.07, 6.45) is 0.880. The van der Waals surface area contributed by atoms with Crippen LogP contribution in [0.2, 0.25) is 0 Å². The van der Waals surface area contributed by atoms with E-state index >= 15 is 0 Å². The van der Waals surface area contributed by atoms with Crippen LogP contribution in [0.4, 0.5) is 0 Å². The summed E-state index contributed by atoms with van der Waals surface area (Å²) in [7, 11) is 1.58. The first-order chi connectivity index (χ1) is 19.5. The van der Waals surface area contributed by atoms with E-state index in [4.69, 9.17) is 18.9 Å². The Balaban J connectivity index is 1.30. The topological polar surface area (TPSA) is 103 Å². The summed E-state index contributed by atoms with van der Waals surface area (Å²) < 4.78 is 24.3. The summed E-state index contributed by atoms with van der Waals surface area (Å²) in [6, 6.07) is 13.0. The zero-order valence-corrected chi connectivity index (χ0v) is 23.7. The van der Waals surface area contributed by atoms with Crippen LogP contribution in [0.15, 0.2) is 42.5 Å². The van der Waals surface area contributed by atoms with E-state index in [0.29, 0.717) is 42.5 Å². The number of carbonyl (C=O) groups excluding carboxylic acids is 2. The Morgan fingerprint density at radius 2 is 1.77 bits per heavy atom. The molecule has 2 aromatic carbocycles. The van der Waals surface area contributed by atoms with Gasteiger partial charge in [0.25, 0.3) is 11.8 Å². The second kappa shape index (κ2) is 14.6. The molecule has 1 fully saturated rings. The van der Waals surface area contributed by atoms with Crippen LogP contribution in [0, 0.1) is 6.92 Å². The monoisotopic (exact) mass is 552 g/mol. The highest BCUT2D eigenvalue weighted by atomic mass is 16.5. The molecule has 0 radical (unpaired) electrons. The molecule has 1 aromatic heterocycles. The highest BCUT2D eigenvalue weighted by Gasteiger charge is 2.20. The number of aromatic nitrogens is 1. The average Bonchev–Trinajstić information content (AvgIpc) is 3.27. The number of methoxy groups -OCH3 is 1. The lowest BCUT2D eigenvalue weighted by Crippen LogP contribution is -2.38. The van der Waals surface area contributed by atoms with Gasteiger partial charge in [-0.2, -0.15) is 0 Å². The smallest absolute Gasteiger partial charge is 0.258 e. The van der Waals surface area contributed by atoms with Crippen molar-refractivity contribution in [2.24, 2.45) is 0 Å². The molecule has 3 aromatic rings. The molecule has 0 saturated carbocycles. The average molecular weight is 553 g/mol. The van der Waals surface area contributed by atoms with Crippen LogP contribution >= 0.6 is 0 Å². The Bertz CT molecular complexity index is 1280. The molecule has 0 atom stereocenters. The Kier molecular flexibility index (Phi) is 10.7. The molecule has 10 heteroatoms. The number of amides is 2. The Hall–Kier alpha value is -3.76. The van der Waals surface area contributed by atoms with E-state index in [0.717, 1.165) is 62.4 Å². The maximum absolute atomic E-state index is 13.2. The van der Waals surface area contributed by atoms with Crippen molar-refractivity contribution in [2.45, 2.75) is 26.8 Å². The lowest BCUT2D eigenvalue weighted by molar-refractivity contribution is -0.123. The number of nitrogens with zero attached hydrogens (tertiary/aromatic N) is 2. The third kappa shape index (κ3) is 7.45. The minimum atomic E-state index is -0.260. The molecule has 1 aliphatic rings. The van der Waals surface area contributed by atoms with E-state index in [1.807, 2.05) is 49.4 Å². The predicted molar refractivity (Wildman–Crippen MR) is 154 cm³/mol. The number of benzene rings is 2. The number of fused-ring (bicyclic) bond motifs is 1. The molecule has 2 heterocycles. The SMILES string of the molecule is CCn1c(C)c(C(=O)NCCCN2CCOCC2)c2cc(OCC(=O)NCCOc3ccccc3OC)ccc21. The van der Waals surface area contributed by atoms with Gasteiger partial charge in [0.15, 0.2) is 18.1 Å². The van der Waals surface area contributed by atoms with E-state index in [1.54, 1.807) is 7.11 Å². The summed E-state index contributed by atoms with van der Waals surface area (Å²) in [5.41, 5.74) is 2.52. The molecule has 0 aliphatic carbocycles. The first kappa shape index (κ1) is 29.2. The van der Waals surface area contributed by atoms with Crippen LogP contribution in [0.1, 0.15) is 29.4 Å². The number of morpholine rings is 1. The van der Waals surface area contributed by atoms with Gasteiger partial charge >= 0.3 is 0 Å². The molecule has 1 saturated heterocycles. The van der Waals surface area contributed by atoms with E-state index < -0.39 is 0 Å². The van der Waals surface area contributed by atoms with Gasteiger partial charge in [-0.15, -0.1) is 0 Å². The number of carbonyl (C=O) groups is 2. The van der Waals surface area contributed by atoms with Gasteiger partial charge in [-0.25, -0.2) is 0 Å². The second-order valence-corrected chi connectivity index (χ2v) is 9.59. The third-order valence-electron chi connectivity index (χ3n) is 7.00. The van der Waals surface area contributed by atoms with Crippen molar-refractivity contribution in [3.63, 3.8) is 0 Å². The molecule has 216 valence electrons. The Labute approximate surface area is 235 Å². The first-order valence-electron chi connectivity index (χ1n) is 13.9. The predicted octanol–water partition coefficient (Wildman–Crippen LogP) is 3.00. The van der Waals surface area contributed by atoms with Crippen LogP contribution in [-0.2, 0) is 16.1 Å². The van der Waals surface area contributed by atoms with E-state index in [9.17, 15) is 9.59 Å². The highest BCUT2D eigenvalue weighted by molar-refractivity contribution is 6.08. The maximum atomic E-state index is 13.2. The molecule has 2 N–H and O–H groups in total. The summed E-state index contributed by atoms with van der Waals surface area (Å²) in [6.45, 7) is 10.2. The third-order valence-corrected chi connectivity index (χ3v) is 7.00. The van der Waals surface area contributed by atoms with Gasteiger partial charge in [0.1, 0.15) is 12.4 Å². The van der Waals surface area contributed by atoms with Crippen LogP contribution in [0.25, 0.3) is 10.9 Å². The molecule has 10 nitrogen and oxygen atoms in total. The van der Waals surface area contributed by atoms with Gasteiger partial charge in [-0.05, 0) is 57.1 Å². The Morgan fingerprint density at radius 1 is 1.00 bits per heavy atom. The summed E-state index contributed by atoms with van der Waals surface area (Å²) in [5.74, 6) is 1.43. The van der Waals surface area contributed by atoms with Crippen molar-refractivity contribution in [2.75, 3.05) is 66.3 Å². The number of para-hydroxylation sites is 2. The molecular weight excluding hydrogens is 512 g/mol. The van der Waals surface area contributed by atoms with Gasteiger partial charge in [-0.1, -0.05) is 12.1 Å². The van der Waals surface area contributed by atoms with Crippen molar-refractivity contribution in [1.29, 1.82) is 0 Å². The second-order valence-electron chi connectivity index (χ2n) is 9.59. The van der Waals surface area contributed by atoms with Gasteiger partial charge in [-0.3, -0.25) is 14.5 Å². The maximum Gasteiger partial charge on any atom is 0.258 e. The molecule has 0 spiro atoms. The largest absolute Gasteiger partial charge is 0.493 e. The van der Waals surface area contributed by atoms with Crippen LogP contribution in [0.3, 0.4) is 0 Å². The molecule has 0 unspecified atom stereocenters. The first-order valence-corrected chi connectivity index (χ1v) is 13.9. The zero-order valence-electron chi connectivity index (χ0n) is 23.7. The van der Waals surface area contributed by atoms with Crippen LogP contribution in [0.5, 0.6) is 17.2 Å². The lowest BCUT2D eigenvalue weighted by Gasteiger charge is -2.26. The quantitative estimate of drug-likeness (QED) is 0.297. The summed E-state index contributed by atoms with van der Waals surface area (Å²) in [5, 5.41) is 6.70. The van der Waals surface area contributed by atoms with Gasteiger partial charge in [0, 0.05) is 42.8 Å². The molecule has 4 rings (SSSR count). The normalized spacial score (nSPS) is 13.7. The van der Waals surface area contributed by atoms with Gasteiger partial charge in [0.2, 0.25) is 0 Å². The fraction of sp³-hybridized carbons (Fsp3) is 0.467. The minimum absolute atomic E-state index is 0.0957. The standard InChI is InChI=1S/C30H40N4O6/c1-4-34-22(2)29(30(36)32-12-7-14-33-15-18-38-19-16-33)24-20-23(10-11-25(24)34)40-21-28(35)31-13-17-39-27-9-6-5-8-26(27)37-3/h5-6,8-11,20H,4,7,12-19,21H2,1-3H3,(H,31,35)(H,32,36). The van der Waals surface area contributed by atoms with Gasteiger partial charge < -0.3 is 34.1 Å². The lowest BCUT2D eigenvalue weighted by atomic mass is 10.1. The van der Waals surface area contributed by atoms with Crippen LogP contribution in [-0.4, -0.2) is 87.5 Å². The summed E-state index contributed by atoms with van der Waals surface area (Å²) >= 11 is 0. The fourth-order valence-corrected chi connectivity index (χ4v) is 4.95. The van der Waals surface area contributed by atoms with Crippen molar-refractivity contribution in [3.8, 4) is 17.2 Å². The number of ether oxygens (including phenoxy) is 4. The van der Waals surface area contributed by atoms with Crippen LogP contribution < -0.4 is 24.8 Å². The number of rotatable bonds is 14. The summed E-state index contributed by atoms with van der Waals surface area (Å²) in [4.78, 5) is 28.0. The number of hydrogen-bond acceptors (Lipinski definition) is 7. The van der Waals surface area contributed by atoms with Gasteiger partial charge in [0.05, 0.1) is 32.4 Å². The Morgan fingerprint density at radius 3 is 2.52 bits per heavy atom. The van der Waals surface area contributed by atoms with E-state index in [1.165, 1.54) is 0 Å². The van der Waals surface area contributed by atoms with Crippen molar-refractivity contribution in [1.82, 2.24) is 20.1 Å². The number of nitrogens with one attached hydrogen (secondary N) is 2. The fourth-order valence-electron chi connectivity index (χ4n) is 4.95. The van der Waals surface area contributed by atoms with E-state index in [2.05, 4.69) is 27.0 Å². The van der Waals surface area contributed by atoms with E-state index in [-0.39, 0.29) is 18.4 Å². The van der Waals surface area contributed by atoms with Crippen molar-refractivity contribution >= 4 is 22.7 Å². The highest BCUT2D eigenvalue weighted by Crippen LogP contribution is 2.30. The number of aryl methyl sites for hydroxylation is 1. The molecule has 0 bridgehead atoms. The molecule has 40 heavy (non-hydrogen) atoms. The minimum Gasteiger partial charge on any atom is -0.493 e. The molecule has 1 aliphatic heterocycles. The van der Waals surface area contributed by atoms with Crippen molar-refractivity contribution < 1.29 is 28.5 Å². The van der Waals surface area contributed by atoms with Crippen molar-refractivity contribution in [3.05, 3.63) is 53.7 Å². The number of hydrogen-bond donors (Lipinski definition) is 2.